The van der Waals surface area contributed by atoms with E-state index >= 15 is 0 Å². The standard InChI is InChI=1S/C22H24ClNO3/c1-2-15-4-3-5-20(23)18(15)13-27-17-7-6-16-11-24(12-21(25)26)14-22(8-9-22)19(16)10-17/h3-7,10H,2,8-9,11-14H2,1H3,(H,25,26). The van der Waals surface area contributed by atoms with E-state index in [-0.39, 0.29) is 12.0 Å². The number of hydrogen-bond acceptors (Lipinski definition) is 3. The third-order valence-corrected chi connectivity index (χ3v) is 6.12. The van der Waals surface area contributed by atoms with E-state index in [9.17, 15) is 4.79 Å². The average Bonchev–Trinajstić information content (AvgIpc) is 3.40. The van der Waals surface area contributed by atoms with Crippen LogP contribution in [0.5, 0.6) is 5.75 Å². The molecule has 1 heterocycles. The van der Waals surface area contributed by atoms with E-state index in [0.29, 0.717) is 13.2 Å². The Hall–Kier alpha value is -2.04. The third-order valence-electron chi connectivity index (χ3n) is 5.77. The van der Waals surface area contributed by atoms with Gasteiger partial charge in [-0.15, -0.1) is 0 Å². The second-order valence-corrected chi connectivity index (χ2v) is 8.07. The molecule has 2 aliphatic rings. The van der Waals surface area contributed by atoms with Crippen LogP contribution in [0.3, 0.4) is 0 Å². The molecule has 0 saturated heterocycles. The number of aliphatic carboxylic acids is 1. The molecular weight excluding hydrogens is 362 g/mol. The highest BCUT2D eigenvalue weighted by atomic mass is 35.5. The first-order valence-electron chi connectivity index (χ1n) is 9.47. The number of benzene rings is 2. The van der Waals surface area contributed by atoms with Crippen LogP contribution in [0, 0.1) is 0 Å². The van der Waals surface area contributed by atoms with Gasteiger partial charge in [0, 0.05) is 29.1 Å². The zero-order valence-corrected chi connectivity index (χ0v) is 16.3. The molecule has 4 rings (SSSR count). The van der Waals surface area contributed by atoms with Crippen LogP contribution in [-0.4, -0.2) is 29.1 Å². The van der Waals surface area contributed by atoms with Gasteiger partial charge in [0.05, 0.1) is 6.54 Å². The van der Waals surface area contributed by atoms with Gasteiger partial charge in [-0.2, -0.15) is 0 Å². The molecule has 0 radical (unpaired) electrons. The monoisotopic (exact) mass is 385 g/mol. The number of halogens is 1. The van der Waals surface area contributed by atoms with Gasteiger partial charge in [-0.25, -0.2) is 0 Å². The highest BCUT2D eigenvalue weighted by Crippen LogP contribution is 2.53. The van der Waals surface area contributed by atoms with E-state index in [1.807, 2.05) is 23.1 Å². The molecule has 5 heteroatoms. The van der Waals surface area contributed by atoms with Crippen molar-refractivity contribution in [1.29, 1.82) is 0 Å². The normalized spacial score (nSPS) is 17.6. The first kappa shape index (κ1) is 18.3. The summed E-state index contributed by atoms with van der Waals surface area (Å²) in [5, 5.41) is 9.86. The topological polar surface area (TPSA) is 49.8 Å². The predicted molar refractivity (Wildman–Crippen MR) is 105 cm³/mol. The fraction of sp³-hybridized carbons (Fsp3) is 0.409. The summed E-state index contributed by atoms with van der Waals surface area (Å²) in [5.41, 5.74) is 4.92. The van der Waals surface area contributed by atoms with Gasteiger partial charge < -0.3 is 9.84 Å². The second-order valence-electron chi connectivity index (χ2n) is 7.66. The maximum Gasteiger partial charge on any atom is 0.317 e. The summed E-state index contributed by atoms with van der Waals surface area (Å²) in [7, 11) is 0. The van der Waals surface area contributed by atoms with Crippen molar-refractivity contribution in [3.8, 4) is 5.75 Å². The minimum Gasteiger partial charge on any atom is -0.489 e. The van der Waals surface area contributed by atoms with Crippen LogP contribution < -0.4 is 4.74 Å². The number of nitrogens with zero attached hydrogens (tertiary/aromatic N) is 1. The minimum atomic E-state index is -0.763. The number of rotatable bonds is 6. The Morgan fingerprint density at radius 3 is 2.81 bits per heavy atom. The van der Waals surface area contributed by atoms with Crippen molar-refractivity contribution in [2.75, 3.05) is 13.1 Å². The fourth-order valence-electron chi connectivity index (χ4n) is 4.22. The van der Waals surface area contributed by atoms with Crippen molar-refractivity contribution < 1.29 is 14.6 Å². The molecule has 0 bridgehead atoms. The van der Waals surface area contributed by atoms with E-state index in [4.69, 9.17) is 21.4 Å². The Bertz CT molecular complexity index is 876. The van der Waals surface area contributed by atoms with Gasteiger partial charge >= 0.3 is 5.97 Å². The molecule has 0 amide bonds. The molecule has 0 aromatic heterocycles. The fourth-order valence-corrected chi connectivity index (χ4v) is 4.47. The Morgan fingerprint density at radius 1 is 1.30 bits per heavy atom. The molecule has 1 spiro atoms. The van der Waals surface area contributed by atoms with Crippen molar-refractivity contribution in [2.45, 2.75) is 44.8 Å². The Balaban J connectivity index is 1.54. The molecule has 0 atom stereocenters. The van der Waals surface area contributed by atoms with Gasteiger partial charge in [0.1, 0.15) is 12.4 Å². The summed E-state index contributed by atoms with van der Waals surface area (Å²) >= 11 is 6.37. The summed E-state index contributed by atoms with van der Waals surface area (Å²) in [6.07, 6.45) is 3.15. The summed E-state index contributed by atoms with van der Waals surface area (Å²) in [6.45, 7) is 4.19. The van der Waals surface area contributed by atoms with Crippen LogP contribution in [0.15, 0.2) is 36.4 Å². The molecule has 1 saturated carbocycles. The number of aryl methyl sites for hydroxylation is 1. The van der Waals surface area contributed by atoms with Crippen molar-refractivity contribution in [1.82, 2.24) is 4.90 Å². The molecule has 1 aliphatic carbocycles. The predicted octanol–water partition coefficient (Wildman–Crippen LogP) is 4.41. The second kappa shape index (κ2) is 7.17. The number of carboxylic acid groups (broad SMARTS) is 1. The van der Waals surface area contributed by atoms with Gasteiger partial charge in [0.15, 0.2) is 0 Å². The van der Waals surface area contributed by atoms with E-state index in [0.717, 1.165) is 42.1 Å². The van der Waals surface area contributed by atoms with Crippen molar-refractivity contribution in [3.63, 3.8) is 0 Å². The smallest absolute Gasteiger partial charge is 0.317 e. The SMILES string of the molecule is CCc1cccc(Cl)c1COc1ccc2c(c1)C1(CC1)CN(CC(=O)O)C2. The highest BCUT2D eigenvalue weighted by Gasteiger charge is 2.49. The van der Waals surface area contributed by atoms with Gasteiger partial charge in [0.25, 0.3) is 0 Å². The lowest BCUT2D eigenvalue weighted by atomic mass is 9.87. The van der Waals surface area contributed by atoms with Crippen LogP contribution in [0.1, 0.15) is 42.0 Å². The van der Waals surface area contributed by atoms with Gasteiger partial charge in [0.2, 0.25) is 0 Å². The summed E-state index contributed by atoms with van der Waals surface area (Å²) < 4.78 is 6.10. The Kier molecular flexibility index (Phi) is 4.87. The summed E-state index contributed by atoms with van der Waals surface area (Å²) in [4.78, 5) is 13.1. The quantitative estimate of drug-likeness (QED) is 0.800. The third kappa shape index (κ3) is 3.69. The molecule has 0 unspecified atom stereocenters. The van der Waals surface area contributed by atoms with E-state index in [1.165, 1.54) is 16.7 Å². The van der Waals surface area contributed by atoms with Gasteiger partial charge in [-0.05, 0) is 54.2 Å². The van der Waals surface area contributed by atoms with Crippen LogP contribution in [-0.2, 0) is 29.8 Å². The zero-order chi connectivity index (χ0) is 19.0. The van der Waals surface area contributed by atoms with E-state index in [2.05, 4.69) is 25.1 Å². The number of carbonyl (C=O) groups is 1. The molecule has 1 fully saturated rings. The van der Waals surface area contributed by atoms with E-state index < -0.39 is 5.97 Å². The minimum absolute atomic E-state index is 0.103. The maximum atomic E-state index is 11.1. The van der Waals surface area contributed by atoms with Gasteiger partial charge in [-0.3, -0.25) is 9.69 Å². The Morgan fingerprint density at radius 2 is 2.11 bits per heavy atom. The molecule has 2 aromatic rings. The largest absolute Gasteiger partial charge is 0.489 e. The Labute approximate surface area is 164 Å². The molecule has 2 aromatic carbocycles. The highest BCUT2D eigenvalue weighted by molar-refractivity contribution is 6.31. The molecule has 27 heavy (non-hydrogen) atoms. The van der Waals surface area contributed by atoms with Gasteiger partial charge in [-0.1, -0.05) is 36.7 Å². The van der Waals surface area contributed by atoms with Crippen LogP contribution in [0.4, 0.5) is 0 Å². The van der Waals surface area contributed by atoms with Crippen LogP contribution >= 0.6 is 11.6 Å². The summed E-state index contributed by atoms with van der Waals surface area (Å²) in [5.74, 6) is 0.0920. The number of ether oxygens (including phenoxy) is 1. The molecule has 1 N–H and O–H groups in total. The van der Waals surface area contributed by atoms with Crippen LogP contribution in [0.25, 0.3) is 0 Å². The van der Waals surface area contributed by atoms with Crippen molar-refractivity contribution in [2.24, 2.45) is 0 Å². The van der Waals surface area contributed by atoms with Crippen LogP contribution in [0.2, 0.25) is 5.02 Å². The number of fused-ring (bicyclic) bond motifs is 2. The lowest BCUT2D eigenvalue weighted by Gasteiger charge is -2.34. The lowest BCUT2D eigenvalue weighted by molar-refractivity contribution is -0.138. The molecule has 1 aliphatic heterocycles. The molecule has 4 nitrogen and oxygen atoms in total. The number of carboxylic acids is 1. The molecule has 142 valence electrons. The molecular formula is C22H24ClNO3. The van der Waals surface area contributed by atoms with Crippen molar-refractivity contribution in [3.05, 3.63) is 63.7 Å². The van der Waals surface area contributed by atoms with Crippen molar-refractivity contribution >= 4 is 17.6 Å². The average molecular weight is 386 g/mol. The number of hydrogen-bond donors (Lipinski definition) is 1. The maximum absolute atomic E-state index is 11.1. The first-order chi connectivity index (χ1) is 13.0. The lowest BCUT2D eigenvalue weighted by Crippen LogP contribution is -2.40. The summed E-state index contributed by atoms with van der Waals surface area (Å²) in [6, 6.07) is 12.2. The van der Waals surface area contributed by atoms with E-state index in [1.54, 1.807) is 0 Å². The first-order valence-corrected chi connectivity index (χ1v) is 9.85. The zero-order valence-electron chi connectivity index (χ0n) is 15.5.